The van der Waals surface area contributed by atoms with Crippen LogP contribution in [0.1, 0.15) is 37.6 Å². The quantitative estimate of drug-likeness (QED) is 0.794. The van der Waals surface area contributed by atoms with Gasteiger partial charge in [0.2, 0.25) is 0 Å². The smallest absolute Gasteiger partial charge is 0.255 e. The molecule has 0 saturated heterocycles. The van der Waals surface area contributed by atoms with E-state index in [2.05, 4.69) is 5.32 Å². The van der Waals surface area contributed by atoms with Crippen molar-refractivity contribution in [3.8, 4) is 5.75 Å². The van der Waals surface area contributed by atoms with Crippen molar-refractivity contribution >= 4 is 5.91 Å². The molecule has 106 valence electrons. The molecule has 0 heterocycles. The fraction of sp³-hybridized carbons (Fsp3) is 0.533. The van der Waals surface area contributed by atoms with Gasteiger partial charge in [0.1, 0.15) is 5.75 Å². The van der Waals surface area contributed by atoms with Crippen LogP contribution in [-0.2, 0) is 0 Å². The molecule has 1 atom stereocenters. The molecule has 1 aromatic carbocycles. The molecule has 0 spiro atoms. The van der Waals surface area contributed by atoms with Crippen LogP contribution in [0, 0.1) is 5.92 Å². The van der Waals surface area contributed by atoms with E-state index in [0.29, 0.717) is 30.9 Å². The van der Waals surface area contributed by atoms with E-state index in [9.17, 15) is 9.90 Å². The van der Waals surface area contributed by atoms with E-state index in [-0.39, 0.29) is 17.9 Å². The normalized spacial score (nSPS) is 12.3. The Labute approximate surface area is 114 Å². The van der Waals surface area contributed by atoms with Crippen LogP contribution in [0.5, 0.6) is 5.75 Å². The summed E-state index contributed by atoms with van der Waals surface area (Å²) in [5.74, 6) is 0.625. The van der Waals surface area contributed by atoms with E-state index in [4.69, 9.17) is 4.74 Å². The number of nitrogens with one attached hydrogen (secondary N) is 1. The molecule has 1 unspecified atom stereocenters. The van der Waals surface area contributed by atoms with E-state index in [1.54, 1.807) is 18.2 Å². The standard InChI is InChI=1S/C15H23NO3/c1-4-19-14-8-6-5-7-12(14)15(18)16-10-9-13(17)11(2)3/h5-8,11,13,17H,4,9-10H2,1-3H3,(H,16,18). The van der Waals surface area contributed by atoms with Crippen molar-refractivity contribution in [3.63, 3.8) is 0 Å². The summed E-state index contributed by atoms with van der Waals surface area (Å²) in [6, 6.07) is 7.16. The van der Waals surface area contributed by atoms with Crippen LogP contribution in [0.25, 0.3) is 0 Å². The van der Waals surface area contributed by atoms with Crippen LogP contribution in [0.4, 0.5) is 0 Å². The van der Waals surface area contributed by atoms with Gasteiger partial charge in [-0.15, -0.1) is 0 Å². The molecule has 4 nitrogen and oxygen atoms in total. The van der Waals surface area contributed by atoms with Crippen molar-refractivity contribution < 1.29 is 14.6 Å². The molecule has 0 aliphatic heterocycles. The highest BCUT2D eigenvalue weighted by atomic mass is 16.5. The Hall–Kier alpha value is -1.55. The van der Waals surface area contributed by atoms with Gasteiger partial charge in [0.15, 0.2) is 0 Å². The van der Waals surface area contributed by atoms with E-state index in [0.717, 1.165) is 0 Å². The van der Waals surface area contributed by atoms with Gasteiger partial charge < -0.3 is 15.2 Å². The molecule has 0 aliphatic carbocycles. The average molecular weight is 265 g/mol. The monoisotopic (exact) mass is 265 g/mol. The topological polar surface area (TPSA) is 58.6 Å². The predicted octanol–water partition coefficient (Wildman–Crippen LogP) is 2.22. The number of aliphatic hydroxyl groups is 1. The second kappa shape index (κ2) is 7.79. The molecule has 0 bridgehead atoms. The molecular weight excluding hydrogens is 242 g/mol. The van der Waals surface area contributed by atoms with Crippen LogP contribution >= 0.6 is 0 Å². The van der Waals surface area contributed by atoms with E-state index < -0.39 is 0 Å². The van der Waals surface area contributed by atoms with Gasteiger partial charge in [-0.2, -0.15) is 0 Å². The fourth-order valence-electron chi connectivity index (χ4n) is 1.70. The molecule has 1 amide bonds. The Morgan fingerprint density at radius 3 is 2.68 bits per heavy atom. The maximum Gasteiger partial charge on any atom is 0.255 e. The third-order valence-corrected chi connectivity index (χ3v) is 2.93. The summed E-state index contributed by atoms with van der Waals surface area (Å²) in [4.78, 5) is 12.0. The Morgan fingerprint density at radius 1 is 1.37 bits per heavy atom. The summed E-state index contributed by atoms with van der Waals surface area (Å²) in [6.45, 7) is 6.77. The van der Waals surface area contributed by atoms with Crippen LogP contribution in [0.15, 0.2) is 24.3 Å². The zero-order valence-corrected chi connectivity index (χ0v) is 11.8. The third-order valence-electron chi connectivity index (χ3n) is 2.93. The van der Waals surface area contributed by atoms with Gasteiger partial charge in [0.05, 0.1) is 18.3 Å². The minimum atomic E-state index is -0.387. The summed E-state index contributed by atoms with van der Waals surface area (Å²) < 4.78 is 5.41. The number of para-hydroxylation sites is 1. The zero-order chi connectivity index (χ0) is 14.3. The first-order chi connectivity index (χ1) is 9.06. The highest BCUT2D eigenvalue weighted by Crippen LogP contribution is 2.17. The minimum absolute atomic E-state index is 0.167. The van der Waals surface area contributed by atoms with Crippen molar-refractivity contribution in [1.29, 1.82) is 0 Å². The lowest BCUT2D eigenvalue weighted by Gasteiger charge is -2.15. The molecule has 0 saturated carbocycles. The van der Waals surface area contributed by atoms with E-state index in [1.165, 1.54) is 0 Å². The second-order valence-corrected chi connectivity index (χ2v) is 4.79. The van der Waals surface area contributed by atoms with Crippen molar-refractivity contribution in [1.82, 2.24) is 5.32 Å². The molecule has 0 aromatic heterocycles. The van der Waals surface area contributed by atoms with Crippen LogP contribution in [0.3, 0.4) is 0 Å². The molecule has 1 rings (SSSR count). The predicted molar refractivity (Wildman–Crippen MR) is 75.4 cm³/mol. The number of rotatable bonds is 7. The Balaban J connectivity index is 2.54. The molecule has 4 heteroatoms. The lowest BCUT2D eigenvalue weighted by atomic mass is 10.0. The van der Waals surface area contributed by atoms with Gasteiger partial charge in [-0.25, -0.2) is 0 Å². The molecular formula is C15H23NO3. The molecule has 19 heavy (non-hydrogen) atoms. The summed E-state index contributed by atoms with van der Waals surface area (Å²) in [6.07, 6.45) is 0.169. The van der Waals surface area contributed by atoms with E-state index in [1.807, 2.05) is 26.8 Å². The molecule has 1 aromatic rings. The largest absolute Gasteiger partial charge is 0.493 e. The first kappa shape index (κ1) is 15.5. The van der Waals surface area contributed by atoms with Crippen LogP contribution < -0.4 is 10.1 Å². The molecule has 0 radical (unpaired) electrons. The van der Waals surface area contributed by atoms with Crippen molar-refractivity contribution in [3.05, 3.63) is 29.8 Å². The van der Waals surface area contributed by atoms with Gasteiger partial charge in [-0.3, -0.25) is 4.79 Å². The number of ether oxygens (including phenoxy) is 1. The number of hydrogen-bond acceptors (Lipinski definition) is 3. The Kier molecular flexibility index (Phi) is 6.36. The first-order valence-electron chi connectivity index (χ1n) is 6.74. The van der Waals surface area contributed by atoms with Crippen molar-refractivity contribution in [2.75, 3.05) is 13.2 Å². The average Bonchev–Trinajstić information content (AvgIpc) is 2.39. The van der Waals surface area contributed by atoms with Gasteiger partial charge in [0.25, 0.3) is 5.91 Å². The van der Waals surface area contributed by atoms with Gasteiger partial charge in [0, 0.05) is 6.54 Å². The number of carbonyl (C=O) groups excluding carboxylic acids is 1. The SMILES string of the molecule is CCOc1ccccc1C(=O)NCCC(O)C(C)C. The Morgan fingerprint density at radius 2 is 2.05 bits per heavy atom. The molecule has 0 fully saturated rings. The number of amides is 1. The number of carbonyl (C=O) groups is 1. The molecule has 0 aliphatic rings. The van der Waals surface area contributed by atoms with E-state index >= 15 is 0 Å². The lowest BCUT2D eigenvalue weighted by Crippen LogP contribution is -2.29. The second-order valence-electron chi connectivity index (χ2n) is 4.79. The summed E-state index contributed by atoms with van der Waals surface area (Å²) in [5, 5.41) is 12.5. The first-order valence-corrected chi connectivity index (χ1v) is 6.74. The maximum atomic E-state index is 12.0. The number of hydrogen-bond donors (Lipinski definition) is 2. The fourth-order valence-corrected chi connectivity index (χ4v) is 1.70. The summed E-state index contributed by atoms with van der Waals surface area (Å²) in [5.41, 5.74) is 0.531. The number of aliphatic hydroxyl groups excluding tert-OH is 1. The zero-order valence-electron chi connectivity index (χ0n) is 11.8. The maximum absolute atomic E-state index is 12.0. The lowest BCUT2D eigenvalue weighted by molar-refractivity contribution is 0.0917. The van der Waals surface area contributed by atoms with Gasteiger partial charge in [-0.1, -0.05) is 26.0 Å². The highest BCUT2D eigenvalue weighted by molar-refractivity contribution is 5.96. The van der Waals surface area contributed by atoms with Crippen LogP contribution in [0.2, 0.25) is 0 Å². The van der Waals surface area contributed by atoms with Gasteiger partial charge >= 0.3 is 0 Å². The minimum Gasteiger partial charge on any atom is -0.493 e. The van der Waals surface area contributed by atoms with Gasteiger partial charge in [-0.05, 0) is 31.4 Å². The molecule has 2 N–H and O–H groups in total. The van der Waals surface area contributed by atoms with Crippen LogP contribution in [-0.4, -0.2) is 30.3 Å². The van der Waals surface area contributed by atoms with Crippen molar-refractivity contribution in [2.24, 2.45) is 5.92 Å². The third kappa shape index (κ3) is 4.91. The Bertz CT molecular complexity index is 404. The van der Waals surface area contributed by atoms with Crippen molar-refractivity contribution in [2.45, 2.75) is 33.3 Å². The summed E-state index contributed by atoms with van der Waals surface area (Å²) >= 11 is 0. The highest BCUT2D eigenvalue weighted by Gasteiger charge is 2.13. The summed E-state index contributed by atoms with van der Waals surface area (Å²) in [7, 11) is 0. The number of benzene rings is 1.